The number of piperidine rings is 1. The first-order valence-electron chi connectivity index (χ1n) is 8.69. The molecule has 1 aliphatic rings. The summed E-state index contributed by atoms with van der Waals surface area (Å²) in [6, 6.07) is 10.7. The lowest BCUT2D eigenvalue weighted by atomic mass is 9.89. The zero-order valence-electron chi connectivity index (χ0n) is 14.7. The molecule has 1 N–H and O–H groups in total. The molecule has 0 spiro atoms. The molecule has 26 heavy (non-hydrogen) atoms. The van der Waals surface area contributed by atoms with E-state index in [-0.39, 0.29) is 17.2 Å². The Bertz CT molecular complexity index is 798. The molecule has 2 heterocycles. The second kappa shape index (κ2) is 7.99. The highest BCUT2D eigenvalue weighted by molar-refractivity contribution is 5.95. The van der Waals surface area contributed by atoms with Gasteiger partial charge in [0.1, 0.15) is 11.4 Å². The van der Waals surface area contributed by atoms with Gasteiger partial charge in [0.25, 0.3) is 5.91 Å². The molecule has 0 bridgehead atoms. The monoisotopic (exact) mass is 354 g/mol. The van der Waals surface area contributed by atoms with Crippen molar-refractivity contribution in [3.05, 3.63) is 59.4 Å². The number of carbonyl (C=O) groups excluding carboxylic acids is 1. The Kier molecular flexibility index (Phi) is 5.51. The first-order valence-corrected chi connectivity index (χ1v) is 8.69. The molecule has 136 valence electrons. The highest BCUT2D eigenvalue weighted by Gasteiger charge is 2.25. The van der Waals surface area contributed by atoms with E-state index in [1.807, 2.05) is 18.2 Å². The molecule has 3 rings (SSSR count). The molecule has 1 saturated heterocycles. The molecule has 0 radical (unpaired) electrons. The van der Waals surface area contributed by atoms with Gasteiger partial charge in [-0.3, -0.25) is 9.78 Å². The highest BCUT2D eigenvalue weighted by Crippen LogP contribution is 2.27. The van der Waals surface area contributed by atoms with Crippen LogP contribution in [0.3, 0.4) is 0 Å². The van der Waals surface area contributed by atoms with Crippen molar-refractivity contribution in [3.8, 4) is 5.75 Å². The molecule has 0 saturated carbocycles. The van der Waals surface area contributed by atoms with E-state index >= 15 is 0 Å². The smallest absolute Gasteiger partial charge is 0.335 e. The van der Waals surface area contributed by atoms with E-state index in [4.69, 9.17) is 9.84 Å². The van der Waals surface area contributed by atoms with Crippen molar-refractivity contribution in [3.63, 3.8) is 0 Å². The highest BCUT2D eigenvalue weighted by atomic mass is 16.5. The number of methoxy groups -OCH3 is 1. The van der Waals surface area contributed by atoms with E-state index in [1.165, 1.54) is 23.9 Å². The molecule has 1 aliphatic heterocycles. The van der Waals surface area contributed by atoms with Crippen LogP contribution in [0.1, 0.15) is 39.3 Å². The predicted octanol–water partition coefficient (Wildman–Crippen LogP) is 2.88. The topological polar surface area (TPSA) is 79.7 Å². The van der Waals surface area contributed by atoms with E-state index in [2.05, 4.69) is 11.1 Å². The number of aromatic carboxylic acids is 1. The summed E-state index contributed by atoms with van der Waals surface area (Å²) in [5.74, 6) is 0.134. The normalized spacial score (nSPS) is 14.9. The average Bonchev–Trinajstić information content (AvgIpc) is 2.68. The number of ether oxygens (including phenoxy) is 1. The number of carboxylic acid groups (broad SMARTS) is 1. The van der Waals surface area contributed by atoms with Crippen molar-refractivity contribution in [1.29, 1.82) is 0 Å². The second-order valence-corrected chi connectivity index (χ2v) is 6.49. The molecule has 1 aromatic heterocycles. The summed E-state index contributed by atoms with van der Waals surface area (Å²) in [7, 11) is 1.68. The number of amides is 1. The van der Waals surface area contributed by atoms with Crippen molar-refractivity contribution < 1.29 is 19.4 Å². The van der Waals surface area contributed by atoms with Crippen molar-refractivity contribution >= 4 is 11.9 Å². The van der Waals surface area contributed by atoms with Crippen LogP contribution in [-0.2, 0) is 6.42 Å². The van der Waals surface area contributed by atoms with Gasteiger partial charge in [-0.1, -0.05) is 18.2 Å². The predicted molar refractivity (Wildman–Crippen MR) is 96.5 cm³/mol. The Morgan fingerprint density at radius 2 is 1.96 bits per heavy atom. The third kappa shape index (κ3) is 4.02. The largest absolute Gasteiger partial charge is 0.496 e. The minimum absolute atomic E-state index is 0.0782. The Morgan fingerprint density at radius 3 is 2.65 bits per heavy atom. The van der Waals surface area contributed by atoms with Crippen molar-refractivity contribution in [1.82, 2.24) is 9.88 Å². The number of para-hydroxylation sites is 1. The van der Waals surface area contributed by atoms with E-state index in [1.54, 1.807) is 12.0 Å². The van der Waals surface area contributed by atoms with E-state index in [0.29, 0.717) is 19.0 Å². The summed E-state index contributed by atoms with van der Waals surface area (Å²) >= 11 is 0. The fourth-order valence-corrected chi connectivity index (χ4v) is 3.37. The van der Waals surface area contributed by atoms with Gasteiger partial charge in [-0.15, -0.1) is 0 Å². The number of benzene rings is 1. The van der Waals surface area contributed by atoms with Crippen LogP contribution in [0, 0.1) is 5.92 Å². The number of carboxylic acids is 1. The van der Waals surface area contributed by atoms with Crippen LogP contribution in [0.4, 0.5) is 0 Å². The third-order valence-electron chi connectivity index (χ3n) is 4.83. The summed E-state index contributed by atoms with van der Waals surface area (Å²) in [6.07, 6.45) is 4.11. The summed E-state index contributed by atoms with van der Waals surface area (Å²) in [5.41, 5.74) is 1.46. The molecule has 0 unspecified atom stereocenters. The Labute approximate surface area is 152 Å². The number of aromatic nitrogens is 1. The number of nitrogens with zero attached hydrogens (tertiary/aromatic N) is 2. The average molecular weight is 354 g/mol. The lowest BCUT2D eigenvalue weighted by molar-refractivity contribution is 0.0684. The quantitative estimate of drug-likeness (QED) is 0.893. The van der Waals surface area contributed by atoms with Gasteiger partial charge in [0.15, 0.2) is 0 Å². The summed E-state index contributed by atoms with van der Waals surface area (Å²) in [6.45, 7) is 1.30. The number of rotatable bonds is 5. The third-order valence-corrected chi connectivity index (χ3v) is 4.83. The van der Waals surface area contributed by atoms with Gasteiger partial charge in [0.05, 0.1) is 12.7 Å². The lowest BCUT2D eigenvalue weighted by Gasteiger charge is -2.32. The van der Waals surface area contributed by atoms with Crippen LogP contribution in [0.2, 0.25) is 0 Å². The Hall–Kier alpha value is -2.89. The fourth-order valence-electron chi connectivity index (χ4n) is 3.37. The second-order valence-electron chi connectivity index (χ2n) is 6.49. The maximum atomic E-state index is 12.6. The summed E-state index contributed by atoms with van der Waals surface area (Å²) in [4.78, 5) is 29.4. The summed E-state index contributed by atoms with van der Waals surface area (Å²) in [5, 5.41) is 9.06. The first-order chi connectivity index (χ1) is 12.6. The maximum Gasteiger partial charge on any atom is 0.335 e. The van der Waals surface area contributed by atoms with E-state index in [0.717, 1.165) is 25.0 Å². The SMILES string of the molecule is COc1ccccc1CC1CCN(C(=O)c2cc(C(=O)O)ccn2)CC1. The van der Waals surface area contributed by atoms with E-state index in [9.17, 15) is 9.59 Å². The van der Waals surface area contributed by atoms with Crippen molar-refractivity contribution in [2.45, 2.75) is 19.3 Å². The lowest BCUT2D eigenvalue weighted by Crippen LogP contribution is -2.39. The van der Waals surface area contributed by atoms with Gasteiger partial charge in [-0.2, -0.15) is 0 Å². The molecular formula is C20H22N2O4. The number of likely N-dealkylation sites (tertiary alicyclic amines) is 1. The molecule has 1 fully saturated rings. The zero-order valence-corrected chi connectivity index (χ0v) is 14.7. The minimum Gasteiger partial charge on any atom is -0.496 e. The van der Waals surface area contributed by atoms with Crippen LogP contribution in [-0.4, -0.2) is 47.1 Å². The molecule has 1 amide bonds. The van der Waals surface area contributed by atoms with Gasteiger partial charge in [-0.25, -0.2) is 4.79 Å². The molecule has 2 aromatic rings. The number of hydrogen-bond donors (Lipinski definition) is 1. The molecular weight excluding hydrogens is 332 g/mol. The molecule has 1 aromatic carbocycles. The van der Waals surface area contributed by atoms with Crippen LogP contribution in [0.15, 0.2) is 42.6 Å². The van der Waals surface area contributed by atoms with Crippen LogP contribution < -0.4 is 4.74 Å². The Balaban J connectivity index is 1.60. The zero-order chi connectivity index (χ0) is 18.5. The maximum absolute atomic E-state index is 12.6. The molecule has 6 nitrogen and oxygen atoms in total. The van der Waals surface area contributed by atoms with Crippen LogP contribution in [0.5, 0.6) is 5.75 Å². The molecule has 0 aliphatic carbocycles. The van der Waals surface area contributed by atoms with Crippen molar-refractivity contribution in [2.75, 3.05) is 20.2 Å². The number of carbonyl (C=O) groups is 2. The Morgan fingerprint density at radius 1 is 1.23 bits per heavy atom. The molecule has 0 atom stereocenters. The van der Waals surface area contributed by atoms with Gasteiger partial charge < -0.3 is 14.7 Å². The van der Waals surface area contributed by atoms with Gasteiger partial charge in [0, 0.05) is 19.3 Å². The summed E-state index contributed by atoms with van der Waals surface area (Å²) < 4.78 is 5.41. The van der Waals surface area contributed by atoms with Crippen LogP contribution in [0.25, 0.3) is 0 Å². The number of pyridine rings is 1. The molecule has 6 heteroatoms. The van der Waals surface area contributed by atoms with E-state index < -0.39 is 5.97 Å². The standard InChI is InChI=1S/C20H22N2O4/c1-26-18-5-3-2-4-15(18)12-14-7-10-22(11-8-14)19(23)17-13-16(20(24)25)6-9-21-17/h2-6,9,13-14H,7-8,10-12H2,1H3,(H,24,25). The van der Waals surface area contributed by atoms with Crippen LogP contribution >= 0.6 is 0 Å². The minimum atomic E-state index is -1.06. The fraction of sp³-hybridized carbons (Fsp3) is 0.350. The van der Waals surface area contributed by atoms with Gasteiger partial charge >= 0.3 is 5.97 Å². The van der Waals surface area contributed by atoms with Gasteiger partial charge in [-0.05, 0) is 48.9 Å². The van der Waals surface area contributed by atoms with Gasteiger partial charge in [0.2, 0.25) is 0 Å². The first kappa shape index (κ1) is 17.9. The number of hydrogen-bond acceptors (Lipinski definition) is 4. The van der Waals surface area contributed by atoms with Crippen molar-refractivity contribution in [2.24, 2.45) is 5.92 Å².